The molecule has 0 radical (unpaired) electrons. The minimum absolute atomic E-state index is 0.0134. The molecule has 0 bridgehead atoms. The van der Waals surface area contributed by atoms with Crippen LogP contribution in [0, 0.1) is 6.92 Å². The largest absolute Gasteiger partial charge is 0.401 e. The molecular weight excluding hydrogens is 456 g/mol. The lowest BCUT2D eigenvalue weighted by Crippen LogP contribution is -2.30. The van der Waals surface area contributed by atoms with Crippen molar-refractivity contribution in [3.05, 3.63) is 70.0 Å². The summed E-state index contributed by atoms with van der Waals surface area (Å²) in [6, 6.07) is 5.79. The van der Waals surface area contributed by atoms with Gasteiger partial charge in [0.1, 0.15) is 12.4 Å². The van der Waals surface area contributed by atoms with E-state index in [1.54, 1.807) is 0 Å². The molecule has 32 heavy (non-hydrogen) atoms. The number of imide groups is 1. The van der Waals surface area contributed by atoms with E-state index in [-0.39, 0.29) is 27.4 Å². The molecule has 0 spiro atoms. The molecule has 2 amide bonds. The average Bonchev–Trinajstić information content (AvgIpc) is 3.25. The molecule has 4 rings (SSSR count). The maximum Gasteiger partial charge on any atom is 0.389 e. The summed E-state index contributed by atoms with van der Waals surface area (Å²) < 4.78 is 57.6. The van der Waals surface area contributed by atoms with E-state index in [4.69, 9.17) is 11.6 Å². The van der Waals surface area contributed by atoms with E-state index in [0.717, 1.165) is 11.2 Å². The van der Waals surface area contributed by atoms with E-state index in [9.17, 15) is 27.2 Å². The van der Waals surface area contributed by atoms with Crippen molar-refractivity contribution in [2.75, 3.05) is 4.90 Å². The first-order chi connectivity index (χ1) is 15.2. The Labute approximate surface area is 183 Å². The summed E-state index contributed by atoms with van der Waals surface area (Å²) in [6.07, 6.45) is -2.24. The van der Waals surface area contributed by atoms with E-state index in [1.165, 1.54) is 43.3 Å². The average molecular weight is 469 g/mol. The Morgan fingerprint density at radius 3 is 2.44 bits per heavy atom. The van der Waals surface area contributed by atoms with E-state index < -0.39 is 36.9 Å². The molecule has 2 aromatic carbocycles. The fourth-order valence-corrected chi connectivity index (χ4v) is 3.82. The van der Waals surface area contributed by atoms with Gasteiger partial charge in [0.2, 0.25) is 0 Å². The van der Waals surface area contributed by atoms with Crippen LogP contribution in [0.4, 0.5) is 23.2 Å². The van der Waals surface area contributed by atoms with Gasteiger partial charge in [0, 0.05) is 0 Å². The van der Waals surface area contributed by atoms with E-state index in [1.807, 2.05) is 0 Å². The Kier molecular flexibility index (Phi) is 5.59. The van der Waals surface area contributed by atoms with E-state index in [2.05, 4.69) is 14.8 Å². The first kappa shape index (κ1) is 21.8. The molecule has 0 saturated heterocycles. The lowest BCUT2D eigenvalue weighted by molar-refractivity contribution is -0.0616. The highest BCUT2D eigenvalue weighted by Gasteiger charge is 2.39. The highest BCUT2D eigenvalue weighted by molar-refractivity contribution is 6.42. The number of benzene rings is 2. The quantitative estimate of drug-likeness (QED) is 0.393. The monoisotopic (exact) mass is 468 g/mol. The molecule has 0 saturated carbocycles. The van der Waals surface area contributed by atoms with Crippen LogP contribution >= 0.6 is 11.6 Å². The molecule has 1 unspecified atom stereocenters. The predicted octanol–water partition coefficient (Wildman–Crippen LogP) is 4.50. The lowest BCUT2D eigenvalue weighted by atomic mass is 10.0. The van der Waals surface area contributed by atoms with Crippen molar-refractivity contribution in [1.82, 2.24) is 14.8 Å². The highest BCUT2D eigenvalue weighted by Crippen LogP contribution is 2.36. The molecule has 0 aliphatic carbocycles. The fourth-order valence-electron chi connectivity index (χ4n) is 3.56. The van der Waals surface area contributed by atoms with E-state index in [0.29, 0.717) is 10.2 Å². The number of aromatic nitrogens is 3. The highest BCUT2D eigenvalue weighted by atomic mass is 35.5. The van der Waals surface area contributed by atoms with Crippen molar-refractivity contribution in [2.45, 2.75) is 26.0 Å². The van der Waals surface area contributed by atoms with Crippen LogP contribution in [0.1, 0.15) is 37.9 Å². The molecule has 3 aromatic rings. The molecule has 1 atom stereocenters. The molecule has 12 heteroatoms. The van der Waals surface area contributed by atoms with Gasteiger partial charge < -0.3 is 4.74 Å². The molecule has 0 N–H and O–H groups in total. The first-order valence-electron chi connectivity index (χ1n) is 9.11. The number of rotatable bonds is 6. The second-order valence-electron chi connectivity index (χ2n) is 6.80. The van der Waals surface area contributed by atoms with Gasteiger partial charge >= 0.3 is 12.6 Å². The zero-order valence-electron chi connectivity index (χ0n) is 16.2. The van der Waals surface area contributed by atoms with Gasteiger partial charge in [-0.25, -0.2) is 18.4 Å². The predicted molar refractivity (Wildman–Crippen MR) is 105 cm³/mol. The van der Waals surface area contributed by atoms with Gasteiger partial charge in [0.25, 0.3) is 18.2 Å². The standard InChI is InChI=1S/C20H13ClF4N4O3/c1-9-7-10(15(16(22)23)29-20(26-8-27-29)32-19(24)25)5-6-13(9)28-17(30)11-3-2-4-12(21)14(11)18(28)31/h2-8,15-16,19H,1H3. The van der Waals surface area contributed by atoms with E-state index >= 15 is 0 Å². The summed E-state index contributed by atoms with van der Waals surface area (Å²) >= 11 is 6.07. The van der Waals surface area contributed by atoms with Crippen molar-refractivity contribution < 1.29 is 31.9 Å². The number of halogens is 5. The zero-order chi connectivity index (χ0) is 23.2. The van der Waals surface area contributed by atoms with Gasteiger partial charge in [0.15, 0.2) is 0 Å². The van der Waals surface area contributed by atoms with Crippen LogP contribution < -0.4 is 9.64 Å². The second kappa shape index (κ2) is 8.23. The molecular formula is C20H13ClF4N4O3. The SMILES string of the molecule is Cc1cc(C(C(F)F)n2ncnc2OC(F)F)ccc1N1C(=O)c2cccc(Cl)c2C1=O. The fraction of sp³-hybridized carbons (Fsp3) is 0.200. The molecule has 1 aromatic heterocycles. The molecule has 7 nitrogen and oxygen atoms in total. The Morgan fingerprint density at radius 2 is 1.81 bits per heavy atom. The number of fused-ring (bicyclic) bond motifs is 1. The smallest absolute Gasteiger partial charge is 0.389 e. The summed E-state index contributed by atoms with van der Waals surface area (Å²) in [5.74, 6) is -1.24. The lowest BCUT2D eigenvalue weighted by Gasteiger charge is -2.22. The summed E-state index contributed by atoms with van der Waals surface area (Å²) in [5, 5.41) is 3.71. The number of ether oxygens (including phenoxy) is 1. The Bertz CT molecular complexity index is 1220. The number of carbonyl (C=O) groups is 2. The normalized spacial score (nSPS) is 14.4. The molecule has 0 fully saturated rings. The van der Waals surface area contributed by atoms with Crippen LogP contribution in [0.3, 0.4) is 0 Å². The number of nitrogens with zero attached hydrogens (tertiary/aromatic N) is 4. The Hall–Kier alpha value is -3.47. The number of alkyl halides is 4. The second-order valence-corrected chi connectivity index (χ2v) is 7.21. The van der Waals surface area contributed by atoms with Crippen LogP contribution in [0.5, 0.6) is 6.01 Å². The third kappa shape index (κ3) is 3.58. The summed E-state index contributed by atoms with van der Waals surface area (Å²) in [4.78, 5) is 30.0. The molecule has 1 aliphatic heterocycles. The van der Waals surface area contributed by atoms with Crippen LogP contribution in [0.15, 0.2) is 42.7 Å². The minimum Gasteiger partial charge on any atom is -0.401 e. The summed E-state index contributed by atoms with van der Waals surface area (Å²) in [5.41, 5.74) is 0.666. The zero-order valence-corrected chi connectivity index (χ0v) is 16.9. The van der Waals surface area contributed by atoms with Crippen LogP contribution in [0.25, 0.3) is 0 Å². The van der Waals surface area contributed by atoms with Gasteiger partial charge in [-0.1, -0.05) is 29.8 Å². The van der Waals surface area contributed by atoms with Crippen molar-refractivity contribution in [2.24, 2.45) is 0 Å². The van der Waals surface area contributed by atoms with Gasteiger partial charge in [-0.2, -0.15) is 18.9 Å². The summed E-state index contributed by atoms with van der Waals surface area (Å²) in [6.45, 7) is -1.76. The van der Waals surface area contributed by atoms with Crippen LogP contribution in [-0.2, 0) is 0 Å². The third-order valence-electron chi connectivity index (χ3n) is 4.90. The number of carbonyl (C=O) groups excluding carboxylic acids is 2. The summed E-state index contributed by atoms with van der Waals surface area (Å²) in [7, 11) is 0. The Balaban J connectivity index is 1.72. The first-order valence-corrected chi connectivity index (χ1v) is 9.48. The van der Waals surface area contributed by atoms with Gasteiger partial charge in [-0.3, -0.25) is 9.59 Å². The maximum atomic E-state index is 13.9. The number of hydrogen-bond donors (Lipinski definition) is 0. The maximum absolute atomic E-state index is 13.9. The van der Waals surface area contributed by atoms with Crippen molar-refractivity contribution >= 4 is 29.1 Å². The molecule has 2 heterocycles. The number of anilines is 1. The van der Waals surface area contributed by atoms with Crippen LogP contribution in [-0.4, -0.2) is 39.6 Å². The number of hydrogen-bond acceptors (Lipinski definition) is 5. The topological polar surface area (TPSA) is 77.3 Å². The van der Waals surface area contributed by atoms with Gasteiger partial charge in [-0.15, -0.1) is 0 Å². The minimum atomic E-state index is -3.28. The third-order valence-corrected chi connectivity index (χ3v) is 5.22. The Morgan fingerprint density at radius 1 is 1.06 bits per heavy atom. The number of amides is 2. The van der Waals surface area contributed by atoms with Crippen LogP contribution in [0.2, 0.25) is 5.02 Å². The van der Waals surface area contributed by atoms with Crippen molar-refractivity contribution in [3.63, 3.8) is 0 Å². The van der Waals surface area contributed by atoms with Crippen molar-refractivity contribution in [1.29, 1.82) is 0 Å². The van der Waals surface area contributed by atoms with Gasteiger partial charge in [-0.05, 0) is 36.2 Å². The molecule has 166 valence electrons. The van der Waals surface area contributed by atoms with Gasteiger partial charge in [0.05, 0.1) is 21.8 Å². The molecule has 1 aliphatic rings. The van der Waals surface area contributed by atoms with Crippen molar-refractivity contribution in [3.8, 4) is 6.01 Å². The number of aryl methyl sites for hydroxylation is 1.